The lowest BCUT2D eigenvalue weighted by atomic mass is 9.91. The van der Waals surface area contributed by atoms with Gasteiger partial charge in [0, 0.05) is 49.3 Å². The standard InChI is InChI=1S/C26H28N2O3/c1-16-10-17(2)13-28(12-16)15-21-23(29)9-8-20-25(30)24(31-26(20)21)11-18-14-27(3)22-7-5-4-6-19(18)22/h4-9,11,14,16-17,29H,10,12-13,15H2,1-3H3/b24-11-/t16-,17-/m1/s1. The highest BCUT2D eigenvalue weighted by Crippen LogP contribution is 2.41. The number of carbonyl (C=O) groups excluding carboxylic acids is 1. The van der Waals surface area contributed by atoms with E-state index in [1.807, 2.05) is 42.1 Å². The molecular weight excluding hydrogens is 388 g/mol. The van der Waals surface area contributed by atoms with Crippen LogP contribution in [-0.4, -0.2) is 33.4 Å². The average Bonchev–Trinajstić information content (AvgIpc) is 3.21. The zero-order chi connectivity index (χ0) is 21.7. The highest BCUT2D eigenvalue weighted by Gasteiger charge is 2.33. The number of Topliss-reactive ketones (excluding diaryl/α,β-unsaturated/α-hetero) is 1. The number of hydrogen-bond donors (Lipinski definition) is 1. The molecule has 1 fully saturated rings. The van der Waals surface area contributed by atoms with Crippen LogP contribution in [0.25, 0.3) is 17.0 Å². The van der Waals surface area contributed by atoms with Gasteiger partial charge in [0.1, 0.15) is 11.5 Å². The lowest BCUT2D eigenvalue weighted by Crippen LogP contribution is -2.38. The number of piperidine rings is 1. The molecular formula is C26H28N2O3. The lowest BCUT2D eigenvalue weighted by molar-refractivity contribution is 0.101. The van der Waals surface area contributed by atoms with E-state index in [0.717, 1.165) is 29.6 Å². The number of nitrogens with zero attached hydrogens (tertiary/aromatic N) is 2. The van der Waals surface area contributed by atoms with Crippen LogP contribution in [0, 0.1) is 11.8 Å². The topological polar surface area (TPSA) is 54.7 Å². The fraction of sp³-hybridized carbons (Fsp3) is 0.346. The number of phenolic OH excluding ortho intramolecular Hbond substituents is 1. The number of ketones is 1. The molecule has 5 rings (SSSR count). The van der Waals surface area contributed by atoms with Crippen LogP contribution in [0.1, 0.15) is 41.8 Å². The third-order valence-electron chi connectivity index (χ3n) is 6.46. The Labute approximate surface area is 182 Å². The van der Waals surface area contributed by atoms with E-state index < -0.39 is 0 Å². The third kappa shape index (κ3) is 3.53. The van der Waals surface area contributed by atoms with Crippen molar-refractivity contribution >= 4 is 22.8 Å². The number of hydrogen-bond acceptors (Lipinski definition) is 4. The zero-order valence-electron chi connectivity index (χ0n) is 18.3. The maximum absolute atomic E-state index is 13.1. The highest BCUT2D eigenvalue weighted by atomic mass is 16.5. The Hall–Kier alpha value is -3.05. The van der Waals surface area contributed by atoms with Crippen molar-refractivity contribution in [2.24, 2.45) is 18.9 Å². The number of phenols is 1. The normalized spacial score (nSPS) is 22.8. The average molecular weight is 417 g/mol. The number of aromatic nitrogens is 1. The van der Waals surface area contributed by atoms with Crippen LogP contribution in [0.5, 0.6) is 11.5 Å². The van der Waals surface area contributed by atoms with E-state index in [4.69, 9.17) is 4.74 Å². The lowest BCUT2D eigenvalue weighted by Gasteiger charge is -2.35. The van der Waals surface area contributed by atoms with Gasteiger partial charge in [-0.05, 0) is 42.5 Å². The van der Waals surface area contributed by atoms with Crippen molar-refractivity contribution in [3.8, 4) is 11.5 Å². The molecule has 0 radical (unpaired) electrons. The molecule has 0 spiro atoms. The first-order chi connectivity index (χ1) is 14.9. The SMILES string of the molecule is C[C@@H]1C[C@@H](C)CN(Cc2c(O)ccc3c2O/C(=C\c2cn(C)c4ccccc24)C3=O)C1. The van der Waals surface area contributed by atoms with Crippen LogP contribution >= 0.6 is 0 Å². The fourth-order valence-electron chi connectivity index (χ4n) is 5.22. The minimum atomic E-state index is -0.135. The summed E-state index contributed by atoms with van der Waals surface area (Å²) >= 11 is 0. The molecule has 0 bridgehead atoms. The Morgan fingerprint density at radius 2 is 1.87 bits per heavy atom. The second-order valence-electron chi connectivity index (χ2n) is 9.23. The predicted octanol–water partition coefficient (Wildman–Crippen LogP) is 4.98. The van der Waals surface area contributed by atoms with Crippen LogP contribution < -0.4 is 4.74 Å². The summed E-state index contributed by atoms with van der Waals surface area (Å²) < 4.78 is 8.15. The minimum absolute atomic E-state index is 0.135. The Kier molecular flexibility index (Phi) is 4.86. The number of carbonyl (C=O) groups is 1. The van der Waals surface area contributed by atoms with Crippen LogP contribution in [0.2, 0.25) is 0 Å². The van der Waals surface area contributed by atoms with Crippen molar-refractivity contribution in [3.63, 3.8) is 0 Å². The summed E-state index contributed by atoms with van der Waals surface area (Å²) in [5.41, 5.74) is 3.27. The second kappa shape index (κ2) is 7.57. The molecule has 2 aromatic carbocycles. The van der Waals surface area contributed by atoms with Crippen molar-refractivity contribution in [1.82, 2.24) is 9.47 Å². The number of allylic oxidation sites excluding steroid dienone is 1. The van der Waals surface area contributed by atoms with E-state index in [9.17, 15) is 9.90 Å². The van der Waals surface area contributed by atoms with Crippen molar-refractivity contribution in [2.45, 2.75) is 26.8 Å². The Morgan fingerprint density at radius 1 is 1.13 bits per heavy atom. The van der Waals surface area contributed by atoms with E-state index in [2.05, 4.69) is 24.8 Å². The van der Waals surface area contributed by atoms with Gasteiger partial charge < -0.3 is 14.4 Å². The Morgan fingerprint density at radius 3 is 2.65 bits per heavy atom. The fourth-order valence-corrected chi connectivity index (χ4v) is 5.22. The maximum Gasteiger partial charge on any atom is 0.231 e. The van der Waals surface area contributed by atoms with Gasteiger partial charge in [-0.25, -0.2) is 0 Å². The largest absolute Gasteiger partial charge is 0.507 e. The summed E-state index contributed by atoms with van der Waals surface area (Å²) in [5.74, 6) is 2.09. The number of aromatic hydroxyl groups is 1. The van der Waals surface area contributed by atoms with Gasteiger partial charge in [-0.3, -0.25) is 9.69 Å². The molecule has 1 N–H and O–H groups in total. The molecule has 31 heavy (non-hydrogen) atoms. The van der Waals surface area contributed by atoms with Gasteiger partial charge in [0.05, 0.1) is 11.1 Å². The number of fused-ring (bicyclic) bond motifs is 2. The number of aryl methyl sites for hydroxylation is 1. The van der Waals surface area contributed by atoms with E-state index >= 15 is 0 Å². The molecule has 160 valence electrons. The molecule has 5 heteroatoms. The Balaban J connectivity index is 1.49. The van der Waals surface area contributed by atoms with Crippen LogP contribution in [0.15, 0.2) is 48.4 Å². The molecule has 3 aromatic rings. The van der Waals surface area contributed by atoms with Gasteiger partial charge in [0.25, 0.3) is 0 Å². The van der Waals surface area contributed by atoms with E-state index in [1.54, 1.807) is 12.1 Å². The molecule has 1 aromatic heterocycles. The number of ether oxygens (including phenoxy) is 1. The third-order valence-corrected chi connectivity index (χ3v) is 6.46. The van der Waals surface area contributed by atoms with Crippen molar-refractivity contribution in [3.05, 3.63) is 65.0 Å². The van der Waals surface area contributed by atoms with Gasteiger partial charge >= 0.3 is 0 Å². The Bertz CT molecular complexity index is 1200. The minimum Gasteiger partial charge on any atom is -0.507 e. The van der Waals surface area contributed by atoms with Gasteiger partial charge in [-0.15, -0.1) is 0 Å². The van der Waals surface area contributed by atoms with Gasteiger partial charge in [-0.1, -0.05) is 32.0 Å². The first-order valence-corrected chi connectivity index (χ1v) is 11.0. The summed E-state index contributed by atoms with van der Waals surface area (Å²) in [5, 5.41) is 11.7. The molecule has 0 unspecified atom stereocenters. The first kappa shape index (κ1) is 19.9. The number of rotatable bonds is 3. The van der Waals surface area contributed by atoms with Crippen LogP contribution in [-0.2, 0) is 13.6 Å². The van der Waals surface area contributed by atoms with Crippen molar-refractivity contribution < 1.29 is 14.6 Å². The van der Waals surface area contributed by atoms with Crippen molar-refractivity contribution in [1.29, 1.82) is 0 Å². The predicted molar refractivity (Wildman–Crippen MR) is 122 cm³/mol. The molecule has 5 nitrogen and oxygen atoms in total. The van der Waals surface area contributed by atoms with E-state index in [1.165, 1.54) is 6.42 Å². The molecule has 2 atom stereocenters. The first-order valence-electron chi connectivity index (χ1n) is 11.0. The monoisotopic (exact) mass is 416 g/mol. The summed E-state index contributed by atoms with van der Waals surface area (Å²) in [6.45, 7) is 7.09. The van der Waals surface area contributed by atoms with Crippen LogP contribution in [0.3, 0.4) is 0 Å². The molecule has 3 heterocycles. The molecule has 2 aliphatic rings. The summed E-state index contributed by atoms with van der Waals surface area (Å²) in [7, 11) is 1.99. The number of para-hydroxylation sites is 1. The van der Waals surface area contributed by atoms with Crippen LogP contribution in [0.4, 0.5) is 0 Å². The smallest absolute Gasteiger partial charge is 0.231 e. The molecule has 2 aliphatic heterocycles. The summed E-state index contributed by atoms with van der Waals surface area (Å²) in [4.78, 5) is 15.5. The van der Waals surface area contributed by atoms with Gasteiger partial charge in [-0.2, -0.15) is 0 Å². The van der Waals surface area contributed by atoms with Gasteiger partial charge in [0.15, 0.2) is 5.76 Å². The highest BCUT2D eigenvalue weighted by molar-refractivity contribution is 6.15. The second-order valence-corrected chi connectivity index (χ2v) is 9.23. The number of likely N-dealkylation sites (tertiary alicyclic amines) is 1. The maximum atomic E-state index is 13.1. The zero-order valence-corrected chi connectivity index (χ0v) is 18.3. The van der Waals surface area contributed by atoms with E-state index in [0.29, 0.717) is 41.0 Å². The number of benzene rings is 2. The van der Waals surface area contributed by atoms with Gasteiger partial charge in [0.2, 0.25) is 5.78 Å². The molecule has 0 aliphatic carbocycles. The summed E-state index contributed by atoms with van der Waals surface area (Å²) in [6.07, 6.45) is 5.05. The van der Waals surface area contributed by atoms with E-state index in [-0.39, 0.29) is 11.5 Å². The van der Waals surface area contributed by atoms with Crippen molar-refractivity contribution in [2.75, 3.05) is 13.1 Å². The summed E-state index contributed by atoms with van der Waals surface area (Å²) in [6, 6.07) is 11.4. The molecule has 1 saturated heterocycles. The molecule has 0 amide bonds. The molecule has 0 saturated carbocycles. The quantitative estimate of drug-likeness (QED) is 0.612.